The first-order valence-electron chi connectivity index (χ1n) is 10.6. The highest BCUT2D eigenvalue weighted by atomic mass is 35.5. The van der Waals surface area contributed by atoms with E-state index in [1.807, 2.05) is 6.92 Å². The summed E-state index contributed by atoms with van der Waals surface area (Å²) in [5, 5.41) is 0.0570. The summed E-state index contributed by atoms with van der Waals surface area (Å²) in [4.78, 5) is 15.9. The summed E-state index contributed by atoms with van der Waals surface area (Å²) in [5.74, 6) is -0.131. The fourth-order valence-corrected chi connectivity index (χ4v) is 4.87. The summed E-state index contributed by atoms with van der Waals surface area (Å²) < 4.78 is 71.2. The van der Waals surface area contributed by atoms with Gasteiger partial charge >= 0.3 is 6.18 Å². The maximum absolute atomic E-state index is 13.0. The number of nitrogens with zero attached hydrogens (tertiary/aromatic N) is 2. The number of hydrogen-bond acceptors (Lipinski definition) is 5. The molecule has 1 aliphatic rings. The molecule has 0 unspecified atom stereocenters. The maximum Gasteiger partial charge on any atom is 0.416 e. The molecule has 0 radical (unpaired) electrons. The summed E-state index contributed by atoms with van der Waals surface area (Å²) in [7, 11) is -3.68. The van der Waals surface area contributed by atoms with E-state index in [0.717, 1.165) is 12.1 Å². The molecule has 7 nitrogen and oxygen atoms in total. The number of sulfonamides is 1. The van der Waals surface area contributed by atoms with Gasteiger partial charge in [-0.3, -0.25) is 4.79 Å². The Hall–Kier alpha value is -2.50. The summed E-state index contributed by atoms with van der Waals surface area (Å²) in [6.07, 6.45) is -3.77. The fourth-order valence-electron chi connectivity index (χ4n) is 3.41. The van der Waals surface area contributed by atoms with E-state index in [1.165, 1.54) is 24.3 Å². The second-order valence-electron chi connectivity index (χ2n) is 7.69. The van der Waals surface area contributed by atoms with E-state index in [-0.39, 0.29) is 28.2 Å². The Kier molecular flexibility index (Phi) is 8.32. The van der Waals surface area contributed by atoms with Crippen LogP contribution in [0.3, 0.4) is 0 Å². The van der Waals surface area contributed by atoms with Gasteiger partial charge in [0.2, 0.25) is 10.0 Å². The first kappa shape index (κ1) is 26.1. The molecule has 0 bridgehead atoms. The number of carbonyl (C=O) groups excluding carboxylic acids is 1. The Labute approximate surface area is 201 Å². The number of alkyl halides is 3. The topological polar surface area (TPSA) is 78.9 Å². The zero-order chi connectivity index (χ0) is 24.9. The maximum atomic E-state index is 13.0. The predicted octanol–water partition coefficient (Wildman–Crippen LogP) is 3.77. The van der Waals surface area contributed by atoms with Gasteiger partial charge in [0.15, 0.2) is 6.61 Å². The van der Waals surface area contributed by atoms with Crippen molar-refractivity contribution >= 4 is 33.2 Å². The van der Waals surface area contributed by atoms with Gasteiger partial charge in [-0.05, 0) is 42.8 Å². The van der Waals surface area contributed by atoms with E-state index in [1.54, 1.807) is 15.9 Å². The molecule has 2 aromatic carbocycles. The average Bonchev–Trinajstić information content (AvgIpc) is 2.81. The quantitative estimate of drug-likeness (QED) is 0.574. The lowest BCUT2D eigenvalue weighted by atomic mass is 10.1. The molecule has 1 aliphatic heterocycles. The van der Waals surface area contributed by atoms with Crippen LogP contribution in [-0.4, -0.2) is 58.6 Å². The van der Waals surface area contributed by atoms with Crippen LogP contribution in [0.15, 0.2) is 47.4 Å². The number of halogens is 4. The lowest BCUT2D eigenvalue weighted by molar-refractivity contribution is -0.137. The molecule has 1 heterocycles. The Morgan fingerprint density at radius 2 is 1.82 bits per heavy atom. The highest BCUT2D eigenvalue weighted by Gasteiger charge is 2.31. The van der Waals surface area contributed by atoms with Crippen molar-refractivity contribution < 1.29 is 31.1 Å². The average molecular weight is 520 g/mol. The minimum absolute atomic E-state index is 0.00431. The number of benzene rings is 2. The minimum atomic E-state index is -4.42. The molecule has 0 aromatic heterocycles. The molecule has 0 spiro atoms. The van der Waals surface area contributed by atoms with Gasteiger partial charge in [0.25, 0.3) is 5.91 Å². The third kappa shape index (κ3) is 6.55. The van der Waals surface area contributed by atoms with Gasteiger partial charge in [0.05, 0.1) is 15.5 Å². The Morgan fingerprint density at radius 1 is 1.12 bits per heavy atom. The summed E-state index contributed by atoms with van der Waals surface area (Å²) in [5.41, 5.74) is -0.262. The van der Waals surface area contributed by atoms with Crippen LogP contribution < -0.4 is 14.4 Å². The normalized spacial score (nSPS) is 14.9. The van der Waals surface area contributed by atoms with Gasteiger partial charge in [-0.25, -0.2) is 13.1 Å². The van der Waals surface area contributed by atoms with Crippen LogP contribution in [0.5, 0.6) is 5.75 Å². The number of amides is 1. The van der Waals surface area contributed by atoms with Gasteiger partial charge in [0, 0.05) is 38.4 Å². The third-order valence-corrected chi connectivity index (χ3v) is 7.03. The third-order valence-electron chi connectivity index (χ3n) is 5.28. The number of piperazine rings is 1. The van der Waals surface area contributed by atoms with Crippen molar-refractivity contribution in [3.8, 4) is 5.75 Å². The Balaban J connectivity index is 1.54. The SMILES string of the molecule is CCCNS(=O)(=O)c1ccc(OCC(=O)N2CCN(c3cccc(C(F)(F)F)c3)CC2)c(Cl)c1. The monoisotopic (exact) mass is 519 g/mol. The van der Waals surface area contributed by atoms with Crippen molar-refractivity contribution in [3.63, 3.8) is 0 Å². The van der Waals surface area contributed by atoms with Crippen molar-refractivity contribution in [2.45, 2.75) is 24.4 Å². The van der Waals surface area contributed by atoms with Gasteiger partial charge < -0.3 is 14.5 Å². The summed E-state index contributed by atoms with van der Waals surface area (Å²) in [6, 6.07) is 9.09. The van der Waals surface area contributed by atoms with E-state index >= 15 is 0 Å². The first-order valence-corrected chi connectivity index (χ1v) is 12.5. The zero-order valence-electron chi connectivity index (χ0n) is 18.4. The lowest BCUT2D eigenvalue weighted by Crippen LogP contribution is -2.50. The molecule has 0 aliphatic carbocycles. The van der Waals surface area contributed by atoms with Crippen molar-refractivity contribution in [1.82, 2.24) is 9.62 Å². The van der Waals surface area contributed by atoms with Crippen LogP contribution in [0.4, 0.5) is 18.9 Å². The molecule has 1 saturated heterocycles. The largest absolute Gasteiger partial charge is 0.482 e. The molecule has 2 aromatic rings. The van der Waals surface area contributed by atoms with Crippen LogP contribution in [0.2, 0.25) is 5.02 Å². The number of carbonyl (C=O) groups is 1. The van der Waals surface area contributed by atoms with Crippen LogP contribution >= 0.6 is 11.6 Å². The van der Waals surface area contributed by atoms with E-state index in [9.17, 15) is 26.4 Å². The second kappa shape index (κ2) is 10.8. The fraction of sp³-hybridized carbons (Fsp3) is 0.409. The van der Waals surface area contributed by atoms with E-state index in [4.69, 9.17) is 16.3 Å². The Morgan fingerprint density at radius 3 is 2.44 bits per heavy atom. The predicted molar refractivity (Wildman–Crippen MR) is 123 cm³/mol. The smallest absolute Gasteiger partial charge is 0.416 e. The molecule has 1 amide bonds. The highest BCUT2D eigenvalue weighted by molar-refractivity contribution is 7.89. The number of nitrogens with one attached hydrogen (secondary N) is 1. The molecule has 1 fully saturated rings. The van der Waals surface area contributed by atoms with E-state index in [2.05, 4.69) is 4.72 Å². The zero-order valence-corrected chi connectivity index (χ0v) is 20.0. The first-order chi connectivity index (χ1) is 16.0. The van der Waals surface area contributed by atoms with Gasteiger partial charge in [-0.15, -0.1) is 0 Å². The molecular weight excluding hydrogens is 495 g/mol. The van der Waals surface area contributed by atoms with Crippen molar-refractivity contribution in [2.75, 3.05) is 44.2 Å². The number of anilines is 1. The molecule has 0 saturated carbocycles. The van der Waals surface area contributed by atoms with Crippen LogP contribution in [0.25, 0.3) is 0 Å². The minimum Gasteiger partial charge on any atom is -0.482 e. The molecule has 186 valence electrons. The molecule has 3 rings (SSSR count). The number of ether oxygens (including phenoxy) is 1. The van der Waals surface area contributed by atoms with Crippen LogP contribution in [0, 0.1) is 0 Å². The van der Waals surface area contributed by atoms with Crippen molar-refractivity contribution in [3.05, 3.63) is 53.1 Å². The second-order valence-corrected chi connectivity index (χ2v) is 9.87. The number of hydrogen-bond donors (Lipinski definition) is 1. The highest BCUT2D eigenvalue weighted by Crippen LogP contribution is 2.32. The van der Waals surface area contributed by atoms with Crippen LogP contribution in [0.1, 0.15) is 18.9 Å². The van der Waals surface area contributed by atoms with Crippen LogP contribution in [-0.2, 0) is 21.0 Å². The summed E-state index contributed by atoms with van der Waals surface area (Å²) >= 11 is 6.14. The standard InChI is InChI=1S/C22H25ClF3N3O4S/c1-2-8-27-34(31,32)18-6-7-20(19(23)14-18)33-15-21(30)29-11-9-28(10-12-29)17-5-3-4-16(13-17)22(24,25)26/h3-7,13-14,27H,2,8-12,15H2,1H3. The molecule has 0 atom stereocenters. The van der Waals surface area contributed by atoms with E-state index < -0.39 is 21.8 Å². The van der Waals surface area contributed by atoms with Crippen molar-refractivity contribution in [2.24, 2.45) is 0 Å². The van der Waals surface area contributed by atoms with Gasteiger partial charge in [-0.1, -0.05) is 24.6 Å². The number of rotatable bonds is 8. The van der Waals surface area contributed by atoms with Gasteiger partial charge in [-0.2, -0.15) is 13.2 Å². The van der Waals surface area contributed by atoms with E-state index in [0.29, 0.717) is 44.8 Å². The van der Waals surface area contributed by atoms with Gasteiger partial charge in [0.1, 0.15) is 5.75 Å². The molecule has 12 heteroatoms. The lowest BCUT2D eigenvalue weighted by Gasteiger charge is -2.36. The molecular formula is C22H25ClF3N3O4S. The Bertz CT molecular complexity index is 1120. The summed E-state index contributed by atoms with van der Waals surface area (Å²) in [6.45, 7) is 3.25. The molecule has 34 heavy (non-hydrogen) atoms. The van der Waals surface area contributed by atoms with Crippen molar-refractivity contribution in [1.29, 1.82) is 0 Å². The molecule has 1 N–H and O–H groups in total.